The van der Waals surface area contributed by atoms with E-state index in [4.69, 9.17) is 21.4 Å². The summed E-state index contributed by atoms with van der Waals surface area (Å²) in [6.07, 6.45) is 0. The van der Waals surface area contributed by atoms with Crippen molar-refractivity contribution in [3.8, 4) is 11.5 Å². The predicted octanol–water partition coefficient (Wildman–Crippen LogP) is 2.78. The largest absolute Gasteiger partial charge is 0.409 e. The smallest absolute Gasteiger partial charge is 0.288 e. The molecule has 3 rings (SSSR count). The highest BCUT2D eigenvalue weighted by atomic mass is 32.1. The summed E-state index contributed by atoms with van der Waals surface area (Å²) in [6.45, 7) is 8.09. The first kappa shape index (κ1) is 14.4. The molecule has 0 bridgehead atoms. The average molecular weight is 305 g/mol. The van der Waals surface area contributed by atoms with Crippen molar-refractivity contribution < 1.29 is 9.15 Å². The molecule has 2 aromatic rings. The highest BCUT2D eigenvalue weighted by molar-refractivity contribution is 7.71. The summed E-state index contributed by atoms with van der Waals surface area (Å²) < 4.78 is 12.8. The molecule has 0 aliphatic carbocycles. The van der Waals surface area contributed by atoms with Gasteiger partial charge in [-0.2, -0.15) is 0 Å². The number of aryl methyl sites for hydroxylation is 2. The van der Waals surface area contributed by atoms with Gasteiger partial charge in [0.15, 0.2) is 0 Å². The molecule has 1 fully saturated rings. The standard InChI is InChI=1S/C15H19N3O2S/c1-11-7-12(2)9-13(8-11)14-16-18(15(21)20-14)10-17-3-5-19-6-4-17/h7-9H,3-6,10H2,1-2H3. The fraction of sp³-hybridized carbons (Fsp3) is 0.467. The Hall–Kier alpha value is -1.50. The summed E-state index contributed by atoms with van der Waals surface area (Å²) in [5, 5.41) is 4.52. The predicted molar refractivity (Wildman–Crippen MR) is 82.6 cm³/mol. The third-order valence-corrected chi connectivity index (χ3v) is 3.81. The maximum atomic E-state index is 5.66. The quantitative estimate of drug-likeness (QED) is 0.816. The Morgan fingerprint density at radius 1 is 1.14 bits per heavy atom. The van der Waals surface area contributed by atoms with Gasteiger partial charge in [0.25, 0.3) is 4.84 Å². The van der Waals surface area contributed by atoms with Crippen molar-refractivity contribution in [3.63, 3.8) is 0 Å². The second-order valence-corrected chi connectivity index (χ2v) is 5.77. The number of rotatable bonds is 3. The van der Waals surface area contributed by atoms with Gasteiger partial charge < -0.3 is 9.15 Å². The van der Waals surface area contributed by atoms with Crippen LogP contribution in [0.1, 0.15) is 11.1 Å². The molecule has 6 heteroatoms. The molecule has 1 aliphatic heterocycles. The SMILES string of the molecule is Cc1cc(C)cc(-c2nn(CN3CCOCC3)c(=S)o2)c1. The summed E-state index contributed by atoms with van der Waals surface area (Å²) in [5.74, 6) is 0.583. The lowest BCUT2D eigenvalue weighted by molar-refractivity contribution is 0.0206. The van der Waals surface area contributed by atoms with Gasteiger partial charge >= 0.3 is 0 Å². The summed E-state index contributed by atoms with van der Waals surface area (Å²) in [4.78, 5) is 2.67. The van der Waals surface area contributed by atoms with Crippen LogP contribution >= 0.6 is 12.2 Å². The molecule has 0 radical (unpaired) electrons. The minimum absolute atomic E-state index is 0.413. The van der Waals surface area contributed by atoms with Crippen LogP contribution in [0.5, 0.6) is 0 Å². The van der Waals surface area contributed by atoms with Crippen LogP contribution in [0.3, 0.4) is 0 Å². The number of nitrogens with zero attached hydrogens (tertiary/aromatic N) is 3. The molecule has 1 aromatic carbocycles. The summed E-state index contributed by atoms with van der Waals surface area (Å²) in [6, 6.07) is 6.25. The van der Waals surface area contributed by atoms with Crippen molar-refractivity contribution >= 4 is 12.2 Å². The first-order valence-corrected chi connectivity index (χ1v) is 7.49. The van der Waals surface area contributed by atoms with E-state index in [9.17, 15) is 0 Å². The van der Waals surface area contributed by atoms with E-state index in [0.717, 1.165) is 31.9 Å². The van der Waals surface area contributed by atoms with E-state index in [2.05, 4.69) is 42.0 Å². The van der Waals surface area contributed by atoms with Gasteiger partial charge in [0.1, 0.15) is 0 Å². The summed E-state index contributed by atoms with van der Waals surface area (Å²) in [5.41, 5.74) is 3.35. The average Bonchev–Trinajstić information content (AvgIpc) is 2.80. The monoisotopic (exact) mass is 305 g/mol. The Balaban J connectivity index is 1.84. The van der Waals surface area contributed by atoms with Gasteiger partial charge in [-0.1, -0.05) is 17.2 Å². The van der Waals surface area contributed by atoms with E-state index in [1.54, 1.807) is 4.68 Å². The first-order valence-electron chi connectivity index (χ1n) is 7.08. The Morgan fingerprint density at radius 2 is 1.81 bits per heavy atom. The number of hydrogen-bond acceptors (Lipinski definition) is 5. The number of benzene rings is 1. The molecule has 0 atom stereocenters. The number of aromatic nitrogens is 2. The van der Waals surface area contributed by atoms with Gasteiger partial charge in [-0.25, -0.2) is 4.68 Å². The van der Waals surface area contributed by atoms with E-state index < -0.39 is 0 Å². The fourth-order valence-corrected chi connectivity index (χ4v) is 2.72. The van der Waals surface area contributed by atoms with E-state index in [1.165, 1.54) is 11.1 Å². The maximum Gasteiger partial charge on any atom is 0.288 e. The van der Waals surface area contributed by atoms with Crippen LogP contribution in [-0.4, -0.2) is 41.0 Å². The van der Waals surface area contributed by atoms with E-state index in [-0.39, 0.29) is 0 Å². The molecular weight excluding hydrogens is 286 g/mol. The zero-order chi connectivity index (χ0) is 14.8. The lowest BCUT2D eigenvalue weighted by Gasteiger charge is -2.25. The molecular formula is C15H19N3O2S. The second-order valence-electron chi connectivity index (χ2n) is 5.42. The highest BCUT2D eigenvalue weighted by Gasteiger charge is 2.14. The lowest BCUT2D eigenvalue weighted by atomic mass is 10.1. The molecule has 5 nitrogen and oxygen atoms in total. The van der Waals surface area contributed by atoms with Crippen molar-refractivity contribution in [3.05, 3.63) is 34.2 Å². The van der Waals surface area contributed by atoms with Crippen LogP contribution in [0, 0.1) is 18.7 Å². The van der Waals surface area contributed by atoms with E-state index in [0.29, 0.717) is 17.4 Å². The van der Waals surface area contributed by atoms with Gasteiger partial charge in [-0.15, -0.1) is 5.10 Å². The molecule has 21 heavy (non-hydrogen) atoms. The zero-order valence-electron chi connectivity index (χ0n) is 12.3. The molecule has 0 saturated carbocycles. The van der Waals surface area contributed by atoms with Crippen LogP contribution in [0.15, 0.2) is 22.6 Å². The molecule has 1 aromatic heterocycles. The third kappa shape index (κ3) is 3.40. The van der Waals surface area contributed by atoms with Crippen molar-refractivity contribution in [2.45, 2.75) is 20.5 Å². The Bertz CT molecular complexity index is 666. The molecule has 0 spiro atoms. The fourth-order valence-electron chi connectivity index (χ4n) is 2.54. The van der Waals surface area contributed by atoms with Crippen LogP contribution in [0.2, 0.25) is 0 Å². The molecule has 0 amide bonds. The van der Waals surface area contributed by atoms with Crippen LogP contribution in [0.25, 0.3) is 11.5 Å². The molecule has 0 unspecified atom stereocenters. The van der Waals surface area contributed by atoms with Crippen molar-refractivity contribution in [1.82, 2.24) is 14.7 Å². The summed E-state index contributed by atoms with van der Waals surface area (Å²) in [7, 11) is 0. The highest BCUT2D eigenvalue weighted by Crippen LogP contribution is 2.21. The topological polar surface area (TPSA) is 43.4 Å². The van der Waals surface area contributed by atoms with Gasteiger partial charge in [0.2, 0.25) is 5.89 Å². The second kappa shape index (κ2) is 6.09. The minimum atomic E-state index is 0.413. The first-order chi connectivity index (χ1) is 10.1. The molecule has 0 N–H and O–H groups in total. The van der Waals surface area contributed by atoms with Crippen LogP contribution < -0.4 is 0 Å². The number of morpholine rings is 1. The molecule has 1 saturated heterocycles. The Labute approximate surface area is 129 Å². The van der Waals surface area contributed by atoms with Crippen LogP contribution in [0.4, 0.5) is 0 Å². The van der Waals surface area contributed by atoms with Crippen LogP contribution in [-0.2, 0) is 11.4 Å². The van der Waals surface area contributed by atoms with Crippen molar-refractivity contribution in [2.75, 3.05) is 26.3 Å². The Morgan fingerprint density at radius 3 is 2.48 bits per heavy atom. The van der Waals surface area contributed by atoms with Gasteiger partial charge in [0.05, 0.1) is 19.9 Å². The normalized spacial score (nSPS) is 16.3. The molecule has 2 heterocycles. The molecule has 1 aliphatic rings. The molecule has 112 valence electrons. The van der Waals surface area contributed by atoms with E-state index >= 15 is 0 Å². The lowest BCUT2D eigenvalue weighted by Crippen LogP contribution is -2.37. The third-order valence-electron chi connectivity index (χ3n) is 3.51. The Kier molecular flexibility index (Phi) is 4.19. The zero-order valence-corrected chi connectivity index (χ0v) is 13.2. The van der Waals surface area contributed by atoms with Gasteiger partial charge in [0, 0.05) is 18.7 Å². The van der Waals surface area contributed by atoms with Crippen molar-refractivity contribution in [1.29, 1.82) is 0 Å². The van der Waals surface area contributed by atoms with Gasteiger partial charge in [-0.05, 0) is 38.2 Å². The van der Waals surface area contributed by atoms with Gasteiger partial charge in [-0.3, -0.25) is 4.90 Å². The van der Waals surface area contributed by atoms with E-state index in [1.807, 2.05) is 0 Å². The minimum Gasteiger partial charge on any atom is -0.409 e. The maximum absolute atomic E-state index is 5.66. The summed E-state index contributed by atoms with van der Waals surface area (Å²) >= 11 is 5.28. The number of hydrogen-bond donors (Lipinski definition) is 0. The number of ether oxygens (including phenoxy) is 1. The van der Waals surface area contributed by atoms with Crippen molar-refractivity contribution in [2.24, 2.45) is 0 Å².